The molecule has 65 heavy (non-hydrogen) atoms. The van der Waals surface area contributed by atoms with Gasteiger partial charge in [0.2, 0.25) is 6.41 Å². The van der Waals surface area contributed by atoms with Crippen LogP contribution in [0.2, 0.25) is 0 Å². The summed E-state index contributed by atoms with van der Waals surface area (Å²) in [5.74, 6) is 8.31. The molecule has 7 rings (SSSR count). The van der Waals surface area contributed by atoms with Crippen LogP contribution in [0.25, 0.3) is 11.1 Å². The van der Waals surface area contributed by atoms with E-state index in [2.05, 4.69) is 43.5 Å². The Morgan fingerprint density at radius 1 is 0.815 bits per heavy atom. The van der Waals surface area contributed by atoms with Crippen LogP contribution in [0.3, 0.4) is 0 Å². The van der Waals surface area contributed by atoms with Gasteiger partial charge < -0.3 is 38.2 Å². The molecule has 0 spiro atoms. The predicted molar refractivity (Wildman–Crippen MR) is 254 cm³/mol. The third-order valence-corrected chi connectivity index (χ3v) is 12.1. The molecule has 0 saturated heterocycles. The molecule has 4 aromatic carbocycles. The van der Waals surface area contributed by atoms with E-state index in [1.165, 1.54) is 0 Å². The fraction of sp³-hybridized carbons (Fsp3) is 0.373. The summed E-state index contributed by atoms with van der Waals surface area (Å²) in [5.41, 5.74) is 9.89. The van der Waals surface area contributed by atoms with Crippen LogP contribution in [0.4, 0.5) is 11.4 Å². The van der Waals surface area contributed by atoms with Crippen LogP contribution < -0.4 is 35.0 Å². The van der Waals surface area contributed by atoms with Gasteiger partial charge in [-0.15, -0.1) is 0 Å². The van der Waals surface area contributed by atoms with E-state index in [1.807, 2.05) is 75.8 Å². The van der Waals surface area contributed by atoms with E-state index in [9.17, 15) is 9.59 Å². The van der Waals surface area contributed by atoms with Gasteiger partial charge in [-0.25, -0.2) is 0 Å². The number of carbonyl (C=O) groups excluding carboxylic acids is 2. The van der Waals surface area contributed by atoms with E-state index < -0.39 is 5.60 Å². The number of aliphatic imine (C=N–C) groups is 2. The molecule has 0 aromatic heterocycles. The Kier molecular flexibility index (Phi) is 14.4. The zero-order valence-electron chi connectivity index (χ0n) is 38.6. The first-order valence-corrected chi connectivity index (χ1v) is 21.8. The molecule has 3 aliphatic rings. The highest BCUT2D eigenvalue weighted by molar-refractivity contribution is 6.05. The fourth-order valence-electron chi connectivity index (χ4n) is 7.92. The van der Waals surface area contributed by atoms with Crippen molar-refractivity contribution in [3.63, 3.8) is 0 Å². The summed E-state index contributed by atoms with van der Waals surface area (Å²) in [7, 11) is 4.78. The van der Waals surface area contributed by atoms with Crippen LogP contribution in [0.5, 0.6) is 28.7 Å². The van der Waals surface area contributed by atoms with E-state index in [1.54, 1.807) is 49.5 Å². The third kappa shape index (κ3) is 10.7. The lowest BCUT2D eigenvalue weighted by Crippen LogP contribution is -2.45. The van der Waals surface area contributed by atoms with Gasteiger partial charge in [-0.2, -0.15) is 0 Å². The molecule has 3 aliphatic heterocycles. The predicted octanol–water partition coefficient (Wildman–Crippen LogP) is 8.70. The second kappa shape index (κ2) is 20.1. The quantitative estimate of drug-likeness (QED) is 0.0289. The van der Waals surface area contributed by atoms with Gasteiger partial charge in [0, 0.05) is 68.4 Å². The monoisotopic (exact) mass is 884 g/mol. The van der Waals surface area contributed by atoms with Gasteiger partial charge in [0.25, 0.3) is 5.91 Å². The normalized spacial score (nSPS) is 17.1. The van der Waals surface area contributed by atoms with E-state index in [4.69, 9.17) is 44.2 Å². The Hall–Kier alpha value is -6.48. The molecule has 0 fully saturated rings. The van der Waals surface area contributed by atoms with Crippen molar-refractivity contribution in [2.24, 2.45) is 15.8 Å². The first kappa shape index (κ1) is 46.5. The number of aryl methyl sites for hydroxylation is 1. The van der Waals surface area contributed by atoms with Crippen LogP contribution in [0, 0.1) is 6.92 Å². The molecule has 3 heterocycles. The van der Waals surface area contributed by atoms with Crippen molar-refractivity contribution in [2.75, 3.05) is 41.2 Å². The second-order valence-corrected chi connectivity index (χ2v) is 17.5. The Morgan fingerprint density at radius 2 is 1.46 bits per heavy atom. The van der Waals surface area contributed by atoms with Crippen LogP contribution in [-0.2, 0) is 15.1 Å². The molecule has 3 N–H and O–H groups in total. The number of hydrogen-bond donors (Lipinski definition) is 2. The third-order valence-electron chi connectivity index (χ3n) is 12.1. The number of fused-ring (bicyclic) bond motifs is 2. The van der Waals surface area contributed by atoms with E-state index in [-0.39, 0.29) is 23.5 Å². The molecule has 2 amide bonds. The highest BCUT2D eigenvalue weighted by Crippen LogP contribution is 2.41. The summed E-state index contributed by atoms with van der Waals surface area (Å²) in [5, 5.41) is 0. The van der Waals surface area contributed by atoms with Gasteiger partial charge in [-0.1, -0.05) is 36.4 Å². The summed E-state index contributed by atoms with van der Waals surface area (Å²) in [6.07, 6.45) is 10.8. The lowest BCUT2D eigenvalue weighted by molar-refractivity contribution is -0.116. The number of benzene rings is 4. The molecular formula is C51H60N6O8. The summed E-state index contributed by atoms with van der Waals surface area (Å²) in [6.45, 7) is 11.4. The van der Waals surface area contributed by atoms with Crippen LogP contribution in [0.1, 0.15) is 86.0 Å². The first-order valence-electron chi connectivity index (χ1n) is 21.8. The van der Waals surface area contributed by atoms with Crippen molar-refractivity contribution < 1.29 is 38.0 Å². The maximum absolute atomic E-state index is 14.0. The van der Waals surface area contributed by atoms with Crippen LogP contribution in [-0.4, -0.2) is 93.3 Å². The maximum Gasteiger partial charge on any atom is 0.260 e. The van der Waals surface area contributed by atoms with Gasteiger partial charge in [-0.3, -0.25) is 30.8 Å². The first-order chi connectivity index (χ1) is 31.3. The molecule has 0 radical (unpaired) electrons. The molecule has 2 unspecified atom stereocenters. The van der Waals surface area contributed by atoms with Crippen molar-refractivity contribution >= 4 is 47.3 Å². The molecule has 342 valence electrons. The minimum Gasteiger partial charge on any atom is -0.497 e. The van der Waals surface area contributed by atoms with Gasteiger partial charge in [0.1, 0.15) is 5.75 Å². The van der Waals surface area contributed by atoms with Crippen molar-refractivity contribution in [1.82, 2.24) is 15.2 Å². The Balaban J connectivity index is 0.947. The zero-order chi connectivity index (χ0) is 46.3. The fourth-order valence-corrected chi connectivity index (χ4v) is 7.92. The number of nitrogens with two attached hydrogens (primary N) is 1. The summed E-state index contributed by atoms with van der Waals surface area (Å²) >= 11 is 0. The minimum atomic E-state index is -0.483. The van der Waals surface area contributed by atoms with E-state index in [0.717, 1.165) is 52.0 Å². The van der Waals surface area contributed by atoms with Crippen LogP contribution in [0.15, 0.2) is 95.2 Å². The smallest absolute Gasteiger partial charge is 0.260 e. The zero-order valence-corrected chi connectivity index (χ0v) is 38.6. The largest absolute Gasteiger partial charge is 0.497 e. The average molecular weight is 885 g/mol. The summed E-state index contributed by atoms with van der Waals surface area (Å²) in [4.78, 5) is 38.9. The SMILES string of the molecule is COc1ccc(C2=CN(C=O)C(/C=N\c3cc(OCCCOc4cc5c(cc4OC)C(=O)N4C=C(c6ccc(C(C)(C)OCCC(C)(C)NN)cc6)CC4C=N5)c(OC)cc3C)C2)cc1. The number of nitrogens with zero attached hydrogens (tertiary/aromatic N) is 4. The standard InChI is InChI=1S/C51H60N6O8/c1-33-22-45(61-7)47(26-43(33)53-28-39-23-36(30-56(39)32-58)35-12-16-41(60-6)17-13-35)63-19-9-20-64-48-27-44-42(25-46(48)62-8)49(59)57-31-37(24-40(57)29-54-44)34-10-14-38(15-11-34)51(4,5)65-21-18-50(2,3)55-52/h10-17,22,25-32,39-40,55H,9,18-21,23-24,52H2,1-8H3/b53-28-. The topological polar surface area (TPSA) is 159 Å². The lowest BCUT2D eigenvalue weighted by atomic mass is 9.94. The Labute approximate surface area is 381 Å². The minimum absolute atomic E-state index is 0.160. The summed E-state index contributed by atoms with van der Waals surface area (Å²) in [6, 6.07) is 22.8. The van der Waals surface area contributed by atoms with E-state index in [0.29, 0.717) is 79.0 Å². The molecular weight excluding hydrogens is 825 g/mol. The number of amides is 2. The molecule has 0 bridgehead atoms. The maximum atomic E-state index is 14.0. The number of hydrazine groups is 1. The van der Waals surface area contributed by atoms with Gasteiger partial charge in [-0.05, 0) is 98.7 Å². The average Bonchev–Trinajstić information content (AvgIpc) is 3.92. The number of nitrogens with one attached hydrogen (secondary N) is 1. The number of methoxy groups -OCH3 is 3. The number of rotatable bonds is 20. The van der Waals surface area contributed by atoms with Crippen molar-refractivity contribution in [3.05, 3.63) is 113 Å². The Bertz CT molecular complexity index is 2480. The van der Waals surface area contributed by atoms with Crippen molar-refractivity contribution in [1.29, 1.82) is 0 Å². The highest BCUT2D eigenvalue weighted by atomic mass is 16.5. The highest BCUT2D eigenvalue weighted by Gasteiger charge is 2.34. The van der Waals surface area contributed by atoms with Gasteiger partial charge in [0.05, 0.1) is 69.2 Å². The van der Waals surface area contributed by atoms with E-state index >= 15 is 0 Å². The number of hydrogen-bond acceptors (Lipinski definition) is 12. The summed E-state index contributed by atoms with van der Waals surface area (Å²) < 4.78 is 35.3. The molecule has 0 aliphatic carbocycles. The van der Waals surface area contributed by atoms with Gasteiger partial charge >= 0.3 is 0 Å². The molecule has 14 nitrogen and oxygen atoms in total. The second-order valence-electron chi connectivity index (χ2n) is 17.5. The lowest BCUT2D eigenvalue weighted by Gasteiger charge is -2.29. The Morgan fingerprint density at radius 3 is 2.11 bits per heavy atom. The number of ether oxygens (including phenoxy) is 6. The van der Waals surface area contributed by atoms with Gasteiger partial charge in [0.15, 0.2) is 23.0 Å². The van der Waals surface area contributed by atoms with Crippen molar-refractivity contribution in [3.8, 4) is 28.7 Å². The van der Waals surface area contributed by atoms with Crippen LogP contribution >= 0.6 is 0 Å². The number of carbonyl (C=O) groups is 2. The molecule has 14 heteroatoms. The molecule has 4 aromatic rings. The molecule has 2 atom stereocenters. The van der Waals surface area contributed by atoms with Crippen molar-refractivity contribution in [2.45, 2.75) is 83.5 Å². The molecule has 0 saturated carbocycles.